The number of aryl methyl sites for hydroxylation is 1. The maximum atomic E-state index is 12.3. The fraction of sp³-hybridized carbons (Fsp3) is 0.353. The number of amides is 1. The van der Waals surface area contributed by atoms with Crippen LogP contribution in [0.1, 0.15) is 28.9 Å². The zero-order chi connectivity index (χ0) is 17.2. The molecule has 24 heavy (non-hydrogen) atoms. The monoisotopic (exact) mass is 346 g/mol. The Morgan fingerprint density at radius 2 is 2.08 bits per heavy atom. The number of ether oxygens (including phenoxy) is 1. The summed E-state index contributed by atoms with van der Waals surface area (Å²) in [4.78, 5) is 29.8. The molecule has 1 N–H and O–H groups in total. The number of likely N-dealkylation sites (tertiary alicyclic amines) is 1. The van der Waals surface area contributed by atoms with E-state index in [1.54, 1.807) is 21.9 Å². The van der Waals surface area contributed by atoms with Gasteiger partial charge in [-0.3, -0.25) is 4.79 Å². The van der Waals surface area contributed by atoms with Crippen molar-refractivity contribution in [3.05, 3.63) is 46.4 Å². The molecule has 1 saturated heterocycles. The first-order valence-corrected chi connectivity index (χ1v) is 8.61. The molecule has 1 aromatic carbocycles. The highest BCUT2D eigenvalue weighted by Gasteiger charge is 2.45. The highest BCUT2D eigenvalue weighted by molar-refractivity contribution is 7.07. The van der Waals surface area contributed by atoms with Crippen molar-refractivity contribution in [3.8, 4) is 5.75 Å². The average molecular weight is 346 g/mol. The molecule has 1 aromatic heterocycles. The summed E-state index contributed by atoms with van der Waals surface area (Å²) in [6, 6.07) is 7.33. The Kier molecular flexibility index (Phi) is 4.53. The van der Waals surface area contributed by atoms with Gasteiger partial charge in [0.05, 0.1) is 5.51 Å². The first kappa shape index (κ1) is 16.4. The van der Waals surface area contributed by atoms with E-state index in [0.717, 1.165) is 5.56 Å². The van der Waals surface area contributed by atoms with Gasteiger partial charge in [0.2, 0.25) is 5.60 Å². The van der Waals surface area contributed by atoms with Crippen molar-refractivity contribution in [3.63, 3.8) is 0 Å². The van der Waals surface area contributed by atoms with Gasteiger partial charge in [-0.1, -0.05) is 12.1 Å². The second-order valence-corrected chi connectivity index (χ2v) is 6.60. The predicted molar refractivity (Wildman–Crippen MR) is 89.4 cm³/mol. The van der Waals surface area contributed by atoms with Gasteiger partial charge in [-0.05, 0) is 24.6 Å². The molecule has 0 aliphatic carbocycles. The third-order valence-corrected chi connectivity index (χ3v) is 4.79. The number of carbonyl (C=O) groups is 2. The van der Waals surface area contributed by atoms with Crippen LogP contribution in [0.3, 0.4) is 0 Å². The molecule has 6 nitrogen and oxygen atoms in total. The van der Waals surface area contributed by atoms with E-state index in [2.05, 4.69) is 4.98 Å². The van der Waals surface area contributed by atoms with Crippen molar-refractivity contribution in [2.24, 2.45) is 0 Å². The van der Waals surface area contributed by atoms with Crippen LogP contribution in [0.5, 0.6) is 5.75 Å². The van der Waals surface area contributed by atoms with E-state index < -0.39 is 11.6 Å². The first-order valence-electron chi connectivity index (χ1n) is 7.67. The lowest BCUT2D eigenvalue weighted by Crippen LogP contribution is -2.54. The van der Waals surface area contributed by atoms with E-state index >= 15 is 0 Å². The third-order valence-electron chi connectivity index (χ3n) is 4.20. The van der Waals surface area contributed by atoms with Gasteiger partial charge in [0.25, 0.3) is 5.91 Å². The van der Waals surface area contributed by atoms with Crippen molar-refractivity contribution in [2.45, 2.75) is 25.4 Å². The minimum atomic E-state index is -1.30. The standard InChI is InChI=1S/C17H18N2O4S/c1-12-3-2-4-13(9-12)23-17(16(21)22)5-7-19(8-6-17)15(20)14-10-24-11-18-14/h2-4,9-11H,5-8H2,1H3,(H,21,22). The second kappa shape index (κ2) is 6.60. The molecule has 0 unspecified atom stereocenters. The normalized spacial score (nSPS) is 16.6. The Labute approximate surface area is 143 Å². The molecule has 0 radical (unpaired) electrons. The van der Waals surface area contributed by atoms with Crippen LogP contribution in [-0.4, -0.2) is 45.6 Å². The number of aromatic nitrogens is 1. The Morgan fingerprint density at radius 1 is 1.33 bits per heavy atom. The number of thiazole rings is 1. The largest absolute Gasteiger partial charge is 0.478 e. The van der Waals surface area contributed by atoms with E-state index in [1.165, 1.54) is 11.3 Å². The van der Waals surface area contributed by atoms with Crippen molar-refractivity contribution >= 4 is 23.2 Å². The highest BCUT2D eigenvalue weighted by Crippen LogP contribution is 2.30. The molecule has 2 heterocycles. The molecule has 0 bridgehead atoms. The summed E-state index contributed by atoms with van der Waals surface area (Å²) >= 11 is 1.36. The number of hydrogen-bond donors (Lipinski definition) is 1. The summed E-state index contributed by atoms with van der Waals surface area (Å²) in [5.41, 5.74) is 1.72. The fourth-order valence-electron chi connectivity index (χ4n) is 2.82. The number of aliphatic carboxylic acids is 1. The Balaban J connectivity index is 1.72. The van der Waals surface area contributed by atoms with Gasteiger partial charge >= 0.3 is 5.97 Å². The van der Waals surface area contributed by atoms with Crippen molar-refractivity contribution in [1.29, 1.82) is 0 Å². The summed E-state index contributed by atoms with van der Waals surface area (Å²) in [7, 11) is 0. The number of nitrogens with zero attached hydrogens (tertiary/aromatic N) is 2. The molecule has 0 spiro atoms. The second-order valence-electron chi connectivity index (χ2n) is 5.88. The molecule has 1 aliphatic rings. The maximum Gasteiger partial charge on any atom is 0.348 e. The summed E-state index contributed by atoms with van der Waals surface area (Å²) in [6.07, 6.45) is 0.484. The Bertz CT molecular complexity index is 737. The molecule has 3 rings (SSSR count). The van der Waals surface area contributed by atoms with Crippen LogP contribution >= 0.6 is 11.3 Å². The van der Waals surface area contributed by atoms with E-state index in [9.17, 15) is 14.7 Å². The number of rotatable bonds is 4. The van der Waals surface area contributed by atoms with Crippen molar-refractivity contribution in [2.75, 3.05) is 13.1 Å². The van der Waals surface area contributed by atoms with E-state index in [0.29, 0.717) is 24.5 Å². The quantitative estimate of drug-likeness (QED) is 0.920. The van der Waals surface area contributed by atoms with E-state index in [1.807, 2.05) is 25.1 Å². The van der Waals surface area contributed by atoms with Gasteiger partial charge in [0.15, 0.2) is 0 Å². The molecule has 1 aliphatic heterocycles. The number of hydrogen-bond acceptors (Lipinski definition) is 5. The summed E-state index contributed by atoms with van der Waals surface area (Å²) in [5, 5.41) is 11.4. The number of carbonyl (C=O) groups excluding carboxylic acids is 1. The Hall–Kier alpha value is -2.41. The minimum Gasteiger partial charge on any atom is -0.478 e. The third kappa shape index (κ3) is 3.26. The SMILES string of the molecule is Cc1cccc(OC2(C(=O)O)CCN(C(=O)c3cscn3)CC2)c1. The molecule has 1 fully saturated rings. The zero-order valence-corrected chi connectivity index (χ0v) is 14.1. The van der Waals surface area contributed by atoms with Crippen LogP contribution in [-0.2, 0) is 4.79 Å². The fourth-order valence-corrected chi connectivity index (χ4v) is 3.34. The molecule has 0 atom stereocenters. The molecule has 1 amide bonds. The summed E-state index contributed by atoms with van der Waals surface area (Å²) in [5.74, 6) is -0.618. The van der Waals surface area contributed by atoms with Gasteiger partial charge < -0.3 is 14.7 Å². The van der Waals surface area contributed by atoms with E-state index in [-0.39, 0.29) is 18.7 Å². The van der Waals surface area contributed by atoms with Gasteiger partial charge in [-0.25, -0.2) is 9.78 Å². The predicted octanol–water partition coefficient (Wildman–Crippen LogP) is 2.59. The summed E-state index contributed by atoms with van der Waals surface area (Å²) < 4.78 is 5.85. The summed E-state index contributed by atoms with van der Waals surface area (Å²) in [6.45, 7) is 2.58. The highest BCUT2D eigenvalue weighted by atomic mass is 32.1. The van der Waals surface area contributed by atoms with Gasteiger partial charge in [-0.2, -0.15) is 0 Å². The zero-order valence-electron chi connectivity index (χ0n) is 13.3. The smallest absolute Gasteiger partial charge is 0.348 e. The molecule has 7 heteroatoms. The van der Waals surface area contributed by atoms with Crippen LogP contribution in [0.2, 0.25) is 0 Å². The lowest BCUT2D eigenvalue weighted by Gasteiger charge is -2.38. The van der Waals surface area contributed by atoms with Gasteiger partial charge in [-0.15, -0.1) is 11.3 Å². The molecular formula is C17H18N2O4S. The number of carboxylic acids is 1. The number of piperidine rings is 1. The lowest BCUT2D eigenvalue weighted by molar-refractivity contribution is -0.159. The number of benzene rings is 1. The van der Waals surface area contributed by atoms with E-state index in [4.69, 9.17) is 4.74 Å². The van der Waals surface area contributed by atoms with Crippen LogP contribution in [0.15, 0.2) is 35.2 Å². The van der Waals surface area contributed by atoms with Gasteiger partial charge in [0, 0.05) is 31.3 Å². The van der Waals surface area contributed by atoms with Crippen molar-refractivity contribution < 1.29 is 19.4 Å². The Morgan fingerprint density at radius 3 is 2.67 bits per heavy atom. The lowest BCUT2D eigenvalue weighted by atomic mass is 9.91. The van der Waals surface area contributed by atoms with Crippen LogP contribution in [0.4, 0.5) is 0 Å². The minimum absolute atomic E-state index is 0.161. The van der Waals surface area contributed by atoms with Crippen LogP contribution < -0.4 is 4.74 Å². The molecule has 0 saturated carbocycles. The topological polar surface area (TPSA) is 79.7 Å². The maximum absolute atomic E-state index is 12.3. The number of carboxylic acid groups (broad SMARTS) is 1. The average Bonchev–Trinajstić information content (AvgIpc) is 3.09. The van der Waals surface area contributed by atoms with Crippen LogP contribution in [0, 0.1) is 6.92 Å². The van der Waals surface area contributed by atoms with Gasteiger partial charge in [0.1, 0.15) is 11.4 Å². The first-order chi connectivity index (χ1) is 11.5. The molecule has 2 aromatic rings. The molecule has 126 valence electrons. The van der Waals surface area contributed by atoms with Crippen LogP contribution in [0.25, 0.3) is 0 Å². The molecular weight excluding hydrogens is 328 g/mol. The van der Waals surface area contributed by atoms with Crippen molar-refractivity contribution in [1.82, 2.24) is 9.88 Å².